The number of nitrogens with one attached hydrogen (secondary N) is 2. The molecule has 31 heavy (non-hydrogen) atoms. The van der Waals surface area contributed by atoms with Gasteiger partial charge in [-0.1, -0.05) is 52.0 Å². The Bertz CT molecular complexity index is 864. The predicted octanol–water partition coefficient (Wildman–Crippen LogP) is 4.30. The Morgan fingerprint density at radius 2 is 1.19 bits per heavy atom. The first-order valence-corrected chi connectivity index (χ1v) is 10.8. The van der Waals surface area contributed by atoms with Crippen LogP contribution < -0.4 is 20.1 Å². The minimum atomic E-state index is -0.265. The van der Waals surface area contributed by atoms with E-state index in [9.17, 15) is 9.59 Å². The van der Waals surface area contributed by atoms with Crippen LogP contribution in [0.3, 0.4) is 0 Å². The maximum absolute atomic E-state index is 12.7. The molecule has 0 saturated heterocycles. The van der Waals surface area contributed by atoms with Crippen molar-refractivity contribution in [1.82, 2.24) is 10.6 Å². The van der Waals surface area contributed by atoms with Crippen molar-refractivity contribution in [3.05, 3.63) is 59.7 Å². The highest BCUT2D eigenvalue weighted by atomic mass is 16.5. The topological polar surface area (TPSA) is 76.7 Å². The molecule has 6 nitrogen and oxygen atoms in total. The lowest BCUT2D eigenvalue weighted by molar-refractivity contribution is 0.0907. The van der Waals surface area contributed by atoms with Crippen molar-refractivity contribution in [3.8, 4) is 11.5 Å². The molecule has 0 bridgehead atoms. The van der Waals surface area contributed by atoms with Crippen molar-refractivity contribution in [2.75, 3.05) is 19.8 Å². The highest BCUT2D eigenvalue weighted by Gasteiger charge is 2.17. The Morgan fingerprint density at radius 1 is 0.742 bits per heavy atom. The van der Waals surface area contributed by atoms with E-state index in [0.29, 0.717) is 47.7 Å². The van der Waals surface area contributed by atoms with E-state index in [4.69, 9.17) is 9.47 Å². The van der Waals surface area contributed by atoms with Gasteiger partial charge in [0.2, 0.25) is 0 Å². The maximum atomic E-state index is 12.7. The fourth-order valence-electron chi connectivity index (χ4n) is 2.77. The smallest absolute Gasteiger partial charge is 0.255 e. The molecule has 2 aromatic carbocycles. The van der Waals surface area contributed by atoms with Gasteiger partial charge in [-0.15, -0.1) is 0 Å². The summed E-state index contributed by atoms with van der Waals surface area (Å²) in [5, 5.41) is 5.79. The molecule has 168 valence electrons. The molecule has 6 heteroatoms. The molecule has 0 aliphatic heterocycles. The summed E-state index contributed by atoms with van der Waals surface area (Å²) in [6, 6.07) is 14.1. The van der Waals surface area contributed by atoms with Crippen LogP contribution in [0.2, 0.25) is 0 Å². The number of ether oxygens (including phenoxy) is 2. The third kappa shape index (κ3) is 7.96. The molecule has 0 aromatic heterocycles. The van der Waals surface area contributed by atoms with E-state index < -0.39 is 0 Å². The van der Waals surface area contributed by atoms with Crippen LogP contribution in [0.25, 0.3) is 0 Å². The zero-order chi connectivity index (χ0) is 22.8. The number of rotatable bonds is 11. The molecule has 2 rings (SSSR count). The Morgan fingerprint density at radius 3 is 1.68 bits per heavy atom. The summed E-state index contributed by atoms with van der Waals surface area (Å²) in [6.45, 7) is 11.4. The Kier molecular flexibility index (Phi) is 9.38. The molecule has 1 atom stereocenters. The number of hydrogen-bond acceptors (Lipinski definition) is 4. The second-order valence-corrected chi connectivity index (χ2v) is 8.49. The van der Waals surface area contributed by atoms with Gasteiger partial charge in [0.25, 0.3) is 11.8 Å². The van der Waals surface area contributed by atoms with Gasteiger partial charge in [-0.2, -0.15) is 0 Å². The van der Waals surface area contributed by atoms with Gasteiger partial charge in [0.1, 0.15) is 11.5 Å². The van der Waals surface area contributed by atoms with Crippen molar-refractivity contribution in [1.29, 1.82) is 0 Å². The van der Waals surface area contributed by atoms with Crippen LogP contribution in [0.4, 0.5) is 0 Å². The number of carbonyl (C=O) groups excluding carboxylic acids is 2. The van der Waals surface area contributed by atoms with Crippen LogP contribution in [-0.2, 0) is 0 Å². The second kappa shape index (κ2) is 12.0. The van der Waals surface area contributed by atoms with Crippen molar-refractivity contribution in [2.45, 2.75) is 40.7 Å². The third-order valence-corrected chi connectivity index (χ3v) is 4.35. The molecule has 0 heterocycles. The fourth-order valence-corrected chi connectivity index (χ4v) is 2.77. The molecule has 1 unspecified atom stereocenters. The monoisotopic (exact) mass is 426 g/mol. The summed E-state index contributed by atoms with van der Waals surface area (Å²) in [6.07, 6.45) is 0. The summed E-state index contributed by atoms with van der Waals surface area (Å²) in [4.78, 5) is 25.4. The Hall–Kier alpha value is -3.02. The van der Waals surface area contributed by atoms with Gasteiger partial charge in [-0.25, -0.2) is 0 Å². The number of benzene rings is 2. The summed E-state index contributed by atoms with van der Waals surface area (Å²) in [5.41, 5.74) is 0.961. The van der Waals surface area contributed by atoms with Crippen molar-refractivity contribution < 1.29 is 19.1 Å². The van der Waals surface area contributed by atoms with Crippen molar-refractivity contribution in [3.63, 3.8) is 0 Å². The maximum Gasteiger partial charge on any atom is 0.255 e. The SMILES string of the molecule is CC(C)COc1ccccc1C(=O)NCC(C)NC(=O)c1ccccc1OCC(C)C. The lowest BCUT2D eigenvalue weighted by Gasteiger charge is -2.18. The van der Waals surface area contributed by atoms with Crippen LogP contribution in [0.15, 0.2) is 48.5 Å². The zero-order valence-corrected chi connectivity index (χ0v) is 19.1. The molecule has 0 aliphatic rings. The van der Waals surface area contributed by atoms with Gasteiger partial charge in [0, 0.05) is 12.6 Å². The average molecular weight is 427 g/mol. The van der Waals surface area contributed by atoms with Crippen molar-refractivity contribution >= 4 is 11.8 Å². The molecular formula is C25H34N2O4. The van der Waals surface area contributed by atoms with E-state index in [0.717, 1.165) is 0 Å². The molecule has 2 N–H and O–H groups in total. The molecule has 0 aliphatic carbocycles. The van der Waals surface area contributed by atoms with E-state index in [1.165, 1.54) is 0 Å². The van der Waals surface area contributed by atoms with Crippen molar-refractivity contribution in [2.24, 2.45) is 11.8 Å². The zero-order valence-electron chi connectivity index (χ0n) is 19.1. The third-order valence-electron chi connectivity index (χ3n) is 4.35. The molecule has 0 saturated carbocycles. The quantitative estimate of drug-likeness (QED) is 0.562. The molecule has 0 fully saturated rings. The molecular weight excluding hydrogens is 392 g/mol. The lowest BCUT2D eigenvalue weighted by atomic mass is 10.1. The molecule has 2 aromatic rings. The van der Waals surface area contributed by atoms with Crippen LogP contribution >= 0.6 is 0 Å². The first-order valence-electron chi connectivity index (χ1n) is 10.8. The normalized spacial score (nSPS) is 11.8. The van der Waals surface area contributed by atoms with Gasteiger partial charge >= 0.3 is 0 Å². The van der Waals surface area contributed by atoms with E-state index in [1.54, 1.807) is 36.4 Å². The molecule has 0 spiro atoms. The van der Waals surface area contributed by atoms with E-state index in [2.05, 4.69) is 38.3 Å². The number of para-hydroxylation sites is 2. The lowest BCUT2D eigenvalue weighted by Crippen LogP contribution is -2.42. The number of amides is 2. The summed E-state index contributed by atoms with van der Waals surface area (Å²) in [7, 11) is 0. The Labute approximate surface area is 185 Å². The first-order chi connectivity index (χ1) is 14.8. The van der Waals surface area contributed by atoms with Gasteiger partial charge < -0.3 is 20.1 Å². The van der Waals surface area contributed by atoms with Crippen LogP contribution in [0.5, 0.6) is 11.5 Å². The summed E-state index contributed by atoms with van der Waals surface area (Å²) >= 11 is 0. The average Bonchev–Trinajstić information content (AvgIpc) is 2.74. The van der Waals surface area contributed by atoms with Gasteiger partial charge in [-0.05, 0) is 43.0 Å². The molecule has 0 radical (unpaired) electrons. The fraction of sp³-hybridized carbons (Fsp3) is 0.440. The molecule has 2 amide bonds. The number of carbonyl (C=O) groups is 2. The van der Waals surface area contributed by atoms with Gasteiger partial charge in [0.05, 0.1) is 24.3 Å². The summed E-state index contributed by atoms with van der Waals surface area (Å²) in [5.74, 6) is 1.36. The van der Waals surface area contributed by atoms with Crippen LogP contribution in [0.1, 0.15) is 55.3 Å². The van der Waals surface area contributed by atoms with Gasteiger partial charge in [-0.3, -0.25) is 9.59 Å². The highest BCUT2D eigenvalue weighted by molar-refractivity contribution is 5.98. The highest BCUT2D eigenvalue weighted by Crippen LogP contribution is 2.20. The standard InChI is InChI=1S/C25H34N2O4/c1-17(2)15-30-22-12-8-6-10-20(22)24(28)26-14-19(5)27-25(29)21-11-7-9-13-23(21)31-16-18(3)4/h6-13,17-19H,14-16H2,1-5H3,(H,26,28)(H,27,29). The second-order valence-electron chi connectivity index (χ2n) is 8.49. The number of hydrogen-bond donors (Lipinski definition) is 2. The minimum Gasteiger partial charge on any atom is -0.492 e. The first kappa shape index (κ1) is 24.3. The van der Waals surface area contributed by atoms with E-state index >= 15 is 0 Å². The summed E-state index contributed by atoms with van der Waals surface area (Å²) < 4.78 is 11.5. The van der Waals surface area contributed by atoms with E-state index in [1.807, 2.05) is 19.1 Å². The Balaban J connectivity index is 1.93. The predicted molar refractivity (Wildman–Crippen MR) is 123 cm³/mol. The van der Waals surface area contributed by atoms with E-state index in [-0.39, 0.29) is 24.4 Å². The largest absolute Gasteiger partial charge is 0.492 e. The van der Waals surface area contributed by atoms with Crippen LogP contribution in [-0.4, -0.2) is 37.6 Å². The van der Waals surface area contributed by atoms with Gasteiger partial charge in [0.15, 0.2) is 0 Å². The van der Waals surface area contributed by atoms with Crippen LogP contribution in [0, 0.1) is 11.8 Å². The minimum absolute atomic E-state index is 0.234.